The predicted octanol–water partition coefficient (Wildman–Crippen LogP) is 0.667. The van der Waals surface area contributed by atoms with Gasteiger partial charge in [0, 0.05) is 0 Å². The van der Waals surface area contributed by atoms with E-state index in [0.29, 0.717) is 13.2 Å². The largest absolute Gasteiger partial charge is 0.363 e. The summed E-state index contributed by atoms with van der Waals surface area (Å²) in [4.78, 5) is 9.48. The molecule has 1 aliphatic heterocycles. The fraction of sp³-hybridized carbons (Fsp3) is 0.286. The van der Waals surface area contributed by atoms with Gasteiger partial charge in [0.05, 0.1) is 12.7 Å². The normalized spacial score (nSPS) is 15.5. The van der Waals surface area contributed by atoms with Crippen LogP contribution in [0.4, 0.5) is 5.82 Å². The topological polar surface area (TPSA) is 59.2 Å². The van der Waals surface area contributed by atoms with Crippen molar-refractivity contribution in [3.8, 4) is 0 Å². The Morgan fingerprint density at radius 3 is 3.33 bits per heavy atom. The molecule has 0 radical (unpaired) electrons. The molecule has 0 spiro atoms. The van der Waals surface area contributed by atoms with Gasteiger partial charge < -0.3 is 10.2 Å². The summed E-state index contributed by atoms with van der Waals surface area (Å²) in [6.07, 6.45) is 3.56. The van der Waals surface area contributed by atoms with Crippen LogP contribution in [0.5, 0.6) is 0 Å². The minimum atomic E-state index is 0.528. The van der Waals surface area contributed by atoms with Crippen molar-refractivity contribution >= 4 is 5.82 Å². The lowest BCUT2D eigenvalue weighted by Crippen LogP contribution is -2.04. The zero-order chi connectivity index (χ0) is 8.23. The predicted molar refractivity (Wildman–Crippen MR) is 42.2 cm³/mol. The molecule has 2 rings (SSSR count). The Balaban J connectivity index is 1.82. The summed E-state index contributed by atoms with van der Waals surface area (Å²) in [5.41, 5.74) is 0. The molecular formula is C7H9N3O2. The fourth-order valence-corrected chi connectivity index (χ4v) is 0.909. The summed E-state index contributed by atoms with van der Waals surface area (Å²) >= 11 is 0. The van der Waals surface area contributed by atoms with Crippen LogP contribution in [0.3, 0.4) is 0 Å². The number of anilines is 1. The molecule has 1 aliphatic rings. The lowest BCUT2D eigenvalue weighted by Gasteiger charge is -2.02. The molecule has 5 nitrogen and oxygen atoms in total. The quantitative estimate of drug-likeness (QED) is 0.649. The highest BCUT2D eigenvalue weighted by Crippen LogP contribution is 2.07. The van der Waals surface area contributed by atoms with Crippen molar-refractivity contribution in [3.63, 3.8) is 0 Å². The number of nitrogens with one attached hydrogen (secondary N) is 2. The van der Waals surface area contributed by atoms with Gasteiger partial charge in [0.15, 0.2) is 5.76 Å². The average Bonchev–Trinajstić information content (AvgIpc) is 2.74. The van der Waals surface area contributed by atoms with Crippen LogP contribution in [-0.2, 0) is 9.78 Å². The highest BCUT2D eigenvalue weighted by molar-refractivity contribution is 5.33. The summed E-state index contributed by atoms with van der Waals surface area (Å²) in [6, 6.07) is 1.84. The molecule has 0 aromatic carbocycles. The molecule has 5 heteroatoms. The van der Waals surface area contributed by atoms with Crippen LogP contribution >= 0.6 is 0 Å². The molecule has 0 unspecified atom stereocenters. The highest BCUT2D eigenvalue weighted by Gasteiger charge is 2.05. The molecule has 2 heterocycles. The third kappa shape index (κ3) is 1.57. The van der Waals surface area contributed by atoms with Gasteiger partial charge in [-0.05, 0) is 12.1 Å². The zero-order valence-electron chi connectivity index (χ0n) is 6.41. The number of aromatic nitrogens is 2. The molecule has 0 saturated heterocycles. The molecule has 1 aromatic heterocycles. The second-order valence-electron chi connectivity index (χ2n) is 2.36. The van der Waals surface area contributed by atoms with E-state index in [1.807, 2.05) is 12.1 Å². The first-order valence-electron chi connectivity index (χ1n) is 3.67. The number of nitrogens with zero attached hydrogens (tertiary/aromatic N) is 1. The van der Waals surface area contributed by atoms with Gasteiger partial charge in [0.1, 0.15) is 12.4 Å². The number of rotatable bonds is 3. The van der Waals surface area contributed by atoms with Crippen molar-refractivity contribution < 1.29 is 9.78 Å². The number of aromatic amines is 1. The Morgan fingerprint density at radius 2 is 2.67 bits per heavy atom. The van der Waals surface area contributed by atoms with E-state index in [-0.39, 0.29) is 0 Å². The van der Waals surface area contributed by atoms with Crippen LogP contribution in [0.25, 0.3) is 0 Å². The maximum atomic E-state index is 4.82. The minimum Gasteiger partial charge on any atom is -0.363 e. The van der Waals surface area contributed by atoms with Gasteiger partial charge in [-0.15, -0.1) is 0 Å². The van der Waals surface area contributed by atoms with E-state index in [2.05, 4.69) is 20.4 Å². The van der Waals surface area contributed by atoms with Crippen molar-refractivity contribution in [1.29, 1.82) is 0 Å². The Bertz CT molecular complexity index is 268. The van der Waals surface area contributed by atoms with E-state index in [1.165, 1.54) is 0 Å². The molecule has 0 amide bonds. The molecule has 1 aromatic rings. The first-order chi connectivity index (χ1) is 5.95. The summed E-state index contributed by atoms with van der Waals surface area (Å²) in [5, 5.41) is 9.64. The summed E-state index contributed by atoms with van der Waals surface area (Å²) < 4.78 is 0. The smallest absolute Gasteiger partial charge is 0.160 e. The van der Waals surface area contributed by atoms with E-state index in [0.717, 1.165) is 11.6 Å². The highest BCUT2D eigenvalue weighted by atomic mass is 17.2. The first kappa shape index (κ1) is 7.17. The first-order valence-corrected chi connectivity index (χ1v) is 3.67. The van der Waals surface area contributed by atoms with Gasteiger partial charge in [-0.25, -0.2) is 0 Å². The van der Waals surface area contributed by atoms with Crippen molar-refractivity contribution in [2.45, 2.75) is 0 Å². The Hall–Kier alpha value is -1.49. The number of hydrogen-bond donors (Lipinski definition) is 2. The monoisotopic (exact) mass is 167 g/mol. The molecule has 2 N–H and O–H groups in total. The van der Waals surface area contributed by atoms with Crippen molar-refractivity contribution in [1.82, 2.24) is 10.2 Å². The summed E-state index contributed by atoms with van der Waals surface area (Å²) in [6.45, 7) is 1.14. The van der Waals surface area contributed by atoms with Gasteiger partial charge >= 0.3 is 0 Å². The maximum Gasteiger partial charge on any atom is 0.160 e. The van der Waals surface area contributed by atoms with Crippen LogP contribution < -0.4 is 5.32 Å². The second kappa shape index (κ2) is 3.27. The molecule has 0 aliphatic carbocycles. The summed E-state index contributed by atoms with van der Waals surface area (Å²) in [5.74, 6) is 1.66. The average molecular weight is 167 g/mol. The number of hydrogen-bond acceptors (Lipinski definition) is 4. The van der Waals surface area contributed by atoms with Crippen molar-refractivity contribution in [2.75, 3.05) is 18.5 Å². The van der Waals surface area contributed by atoms with E-state index < -0.39 is 0 Å². The van der Waals surface area contributed by atoms with Gasteiger partial charge in [-0.1, -0.05) is 0 Å². The Kier molecular flexibility index (Phi) is 1.96. The SMILES string of the molecule is C1=C(CNc2ccn[nH]2)OOC1. The molecule has 0 saturated carbocycles. The van der Waals surface area contributed by atoms with Crippen molar-refractivity contribution in [3.05, 3.63) is 24.1 Å². The standard InChI is InChI=1S/C7H9N3O2/c1-3-9-10-7(1)8-5-6-2-4-11-12-6/h1-3H,4-5H2,(H2,8,9,10). The summed E-state index contributed by atoms with van der Waals surface area (Å²) in [7, 11) is 0. The van der Waals surface area contributed by atoms with Gasteiger partial charge in [0.25, 0.3) is 0 Å². The van der Waals surface area contributed by atoms with Crippen LogP contribution in [0.2, 0.25) is 0 Å². The van der Waals surface area contributed by atoms with Crippen LogP contribution in [0, 0.1) is 0 Å². The minimum absolute atomic E-state index is 0.528. The molecule has 64 valence electrons. The molecular weight excluding hydrogens is 158 g/mol. The third-order valence-corrected chi connectivity index (χ3v) is 1.50. The van der Waals surface area contributed by atoms with E-state index in [4.69, 9.17) is 4.89 Å². The van der Waals surface area contributed by atoms with Gasteiger partial charge in [-0.2, -0.15) is 9.99 Å². The Labute approximate surface area is 69.3 Å². The van der Waals surface area contributed by atoms with Gasteiger partial charge in [0.2, 0.25) is 0 Å². The third-order valence-electron chi connectivity index (χ3n) is 1.50. The number of H-pyrrole nitrogens is 1. The maximum absolute atomic E-state index is 4.82. The van der Waals surface area contributed by atoms with Crippen molar-refractivity contribution in [2.24, 2.45) is 0 Å². The van der Waals surface area contributed by atoms with Crippen LogP contribution in [0.15, 0.2) is 24.1 Å². The zero-order valence-corrected chi connectivity index (χ0v) is 6.41. The fourth-order valence-electron chi connectivity index (χ4n) is 0.909. The Morgan fingerprint density at radius 1 is 1.67 bits per heavy atom. The molecule has 0 fully saturated rings. The lowest BCUT2D eigenvalue weighted by atomic mass is 10.4. The molecule has 0 bridgehead atoms. The molecule has 12 heavy (non-hydrogen) atoms. The second-order valence-corrected chi connectivity index (χ2v) is 2.36. The van der Waals surface area contributed by atoms with E-state index >= 15 is 0 Å². The molecule has 0 atom stereocenters. The van der Waals surface area contributed by atoms with Crippen LogP contribution in [-0.4, -0.2) is 23.3 Å². The van der Waals surface area contributed by atoms with Crippen LogP contribution in [0.1, 0.15) is 0 Å². The van der Waals surface area contributed by atoms with E-state index in [1.54, 1.807) is 6.20 Å². The van der Waals surface area contributed by atoms with E-state index in [9.17, 15) is 0 Å². The lowest BCUT2D eigenvalue weighted by molar-refractivity contribution is -0.233. The van der Waals surface area contributed by atoms with Gasteiger partial charge in [-0.3, -0.25) is 5.10 Å².